The van der Waals surface area contributed by atoms with E-state index < -0.39 is 5.97 Å². The molecule has 90 valence electrons. The zero-order valence-corrected chi connectivity index (χ0v) is 9.60. The Labute approximate surface area is 99.3 Å². The molecule has 0 bridgehead atoms. The highest BCUT2D eigenvalue weighted by Crippen LogP contribution is 2.09. The minimum Gasteiger partial charge on any atom is -0.481 e. The van der Waals surface area contributed by atoms with Gasteiger partial charge in [-0.3, -0.25) is 14.4 Å². The maximum absolute atomic E-state index is 11.6. The molecule has 4 nitrogen and oxygen atoms in total. The van der Waals surface area contributed by atoms with Gasteiger partial charge >= 0.3 is 5.97 Å². The lowest BCUT2D eigenvalue weighted by Crippen LogP contribution is -2.04. The second-order valence-corrected chi connectivity index (χ2v) is 3.89. The van der Waals surface area contributed by atoms with Crippen molar-refractivity contribution >= 4 is 17.5 Å². The smallest absolute Gasteiger partial charge is 0.303 e. The van der Waals surface area contributed by atoms with Crippen LogP contribution in [0, 0.1) is 0 Å². The van der Waals surface area contributed by atoms with Gasteiger partial charge in [0.1, 0.15) is 5.78 Å². The standard InChI is InChI=1S/C13H14O4/c1-9(14)8-10-2-4-11(5-3-10)12(15)6-7-13(16)17/h2-5H,6-8H2,1H3,(H,16,17). The van der Waals surface area contributed by atoms with E-state index in [0.29, 0.717) is 12.0 Å². The molecule has 0 fully saturated rings. The van der Waals surface area contributed by atoms with Crippen molar-refractivity contribution in [2.75, 3.05) is 0 Å². The summed E-state index contributed by atoms with van der Waals surface area (Å²) >= 11 is 0. The molecule has 0 saturated heterocycles. The van der Waals surface area contributed by atoms with E-state index in [-0.39, 0.29) is 24.4 Å². The van der Waals surface area contributed by atoms with Crippen molar-refractivity contribution in [2.24, 2.45) is 0 Å². The number of hydrogen-bond donors (Lipinski definition) is 1. The fourth-order valence-electron chi connectivity index (χ4n) is 1.46. The highest BCUT2D eigenvalue weighted by molar-refractivity contribution is 5.97. The molecule has 1 rings (SSSR count). The Kier molecular flexibility index (Phi) is 4.57. The van der Waals surface area contributed by atoms with Crippen molar-refractivity contribution < 1.29 is 19.5 Å². The Morgan fingerprint density at radius 1 is 1.06 bits per heavy atom. The molecule has 1 N–H and O–H groups in total. The van der Waals surface area contributed by atoms with Gasteiger partial charge in [0.05, 0.1) is 6.42 Å². The van der Waals surface area contributed by atoms with Gasteiger partial charge in [-0.25, -0.2) is 0 Å². The first-order valence-electron chi connectivity index (χ1n) is 5.32. The van der Waals surface area contributed by atoms with E-state index in [2.05, 4.69) is 0 Å². The van der Waals surface area contributed by atoms with Crippen molar-refractivity contribution in [1.82, 2.24) is 0 Å². The van der Waals surface area contributed by atoms with Crippen LogP contribution in [0.5, 0.6) is 0 Å². The molecule has 0 radical (unpaired) electrons. The number of hydrogen-bond acceptors (Lipinski definition) is 3. The highest BCUT2D eigenvalue weighted by Gasteiger charge is 2.08. The maximum atomic E-state index is 11.6. The molecular formula is C13H14O4. The molecule has 0 amide bonds. The normalized spacial score (nSPS) is 9.94. The molecule has 0 aliphatic carbocycles. The fourth-order valence-corrected chi connectivity index (χ4v) is 1.46. The lowest BCUT2D eigenvalue weighted by molar-refractivity contribution is -0.137. The minimum absolute atomic E-state index is 0.00138. The summed E-state index contributed by atoms with van der Waals surface area (Å²) in [5, 5.41) is 8.46. The van der Waals surface area contributed by atoms with E-state index >= 15 is 0 Å². The Morgan fingerprint density at radius 3 is 2.12 bits per heavy atom. The second-order valence-electron chi connectivity index (χ2n) is 3.89. The first-order chi connectivity index (χ1) is 7.99. The number of carboxylic acids is 1. The maximum Gasteiger partial charge on any atom is 0.303 e. The predicted molar refractivity (Wildman–Crippen MR) is 62.0 cm³/mol. The summed E-state index contributed by atoms with van der Waals surface area (Å²) < 4.78 is 0. The monoisotopic (exact) mass is 234 g/mol. The number of aliphatic carboxylic acids is 1. The van der Waals surface area contributed by atoms with Crippen LogP contribution < -0.4 is 0 Å². The van der Waals surface area contributed by atoms with Gasteiger partial charge in [-0.2, -0.15) is 0 Å². The summed E-state index contributed by atoms with van der Waals surface area (Å²) in [6.45, 7) is 1.51. The molecule has 0 saturated carbocycles. The molecule has 17 heavy (non-hydrogen) atoms. The summed E-state index contributed by atoms with van der Waals surface area (Å²) in [4.78, 5) is 32.8. The van der Waals surface area contributed by atoms with Crippen molar-refractivity contribution in [3.63, 3.8) is 0 Å². The average Bonchev–Trinajstić information content (AvgIpc) is 2.26. The van der Waals surface area contributed by atoms with Crippen LogP contribution in [-0.2, 0) is 16.0 Å². The summed E-state index contributed by atoms with van der Waals surface area (Å²) in [5.41, 5.74) is 1.34. The van der Waals surface area contributed by atoms with Crippen LogP contribution in [0.1, 0.15) is 35.7 Å². The van der Waals surface area contributed by atoms with Gasteiger partial charge in [0.2, 0.25) is 0 Å². The van der Waals surface area contributed by atoms with Crippen LogP contribution in [0.2, 0.25) is 0 Å². The molecule has 1 aromatic rings. The molecule has 0 atom stereocenters. The van der Waals surface area contributed by atoms with Gasteiger partial charge < -0.3 is 5.11 Å². The number of carbonyl (C=O) groups is 3. The topological polar surface area (TPSA) is 71.4 Å². The first-order valence-corrected chi connectivity index (χ1v) is 5.32. The third-order valence-electron chi connectivity index (χ3n) is 2.29. The van der Waals surface area contributed by atoms with Crippen molar-refractivity contribution in [3.8, 4) is 0 Å². The molecule has 0 unspecified atom stereocenters. The van der Waals surface area contributed by atoms with Crippen LogP contribution in [0.3, 0.4) is 0 Å². The summed E-state index contributed by atoms with van der Waals surface area (Å²) in [5.74, 6) is -1.11. The van der Waals surface area contributed by atoms with Crippen LogP contribution in [0.25, 0.3) is 0 Å². The zero-order chi connectivity index (χ0) is 12.8. The molecule has 0 spiro atoms. The Bertz CT molecular complexity index is 431. The Balaban J connectivity index is 2.63. The number of Topliss-reactive ketones (excluding diaryl/α,β-unsaturated/α-hetero) is 2. The average molecular weight is 234 g/mol. The highest BCUT2D eigenvalue weighted by atomic mass is 16.4. The van der Waals surface area contributed by atoms with Crippen molar-refractivity contribution in [3.05, 3.63) is 35.4 Å². The van der Waals surface area contributed by atoms with Gasteiger partial charge in [0.15, 0.2) is 5.78 Å². The van der Waals surface area contributed by atoms with Crippen molar-refractivity contribution in [1.29, 1.82) is 0 Å². The number of carboxylic acid groups (broad SMARTS) is 1. The van der Waals surface area contributed by atoms with Gasteiger partial charge in [-0.05, 0) is 12.5 Å². The SMILES string of the molecule is CC(=O)Cc1ccc(C(=O)CCC(=O)O)cc1. The molecule has 0 aliphatic rings. The van der Waals surface area contributed by atoms with Crippen LogP contribution >= 0.6 is 0 Å². The predicted octanol–water partition coefficient (Wildman–Crippen LogP) is 1.87. The van der Waals surface area contributed by atoms with Gasteiger partial charge in [0, 0.05) is 18.4 Å². The number of rotatable bonds is 6. The molecule has 0 aromatic heterocycles. The minimum atomic E-state index is -0.980. The van der Waals surface area contributed by atoms with E-state index in [1.807, 2.05) is 0 Å². The summed E-state index contributed by atoms with van der Waals surface area (Å²) in [6, 6.07) is 6.69. The van der Waals surface area contributed by atoms with E-state index in [1.54, 1.807) is 24.3 Å². The van der Waals surface area contributed by atoms with E-state index in [4.69, 9.17) is 5.11 Å². The number of ketones is 2. The third kappa shape index (κ3) is 4.59. The van der Waals surface area contributed by atoms with Crippen LogP contribution in [0.15, 0.2) is 24.3 Å². The Hall–Kier alpha value is -1.97. The van der Waals surface area contributed by atoms with Crippen molar-refractivity contribution in [2.45, 2.75) is 26.2 Å². The quantitative estimate of drug-likeness (QED) is 0.762. The molecular weight excluding hydrogens is 220 g/mol. The Morgan fingerprint density at radius 2 is 1.65 bits per heavy atom. The van der Waals surface area contributed by atoms with Crippen LogP contribution in [0.4, 0.5) is 0 Å². The van der Waals surface area contributed by atoms with Gasteiger partial charge in [0.25, 0.3) is 0 Å². The lowest BCUT2D eigenvalue weighted by Gasteiger charge is -2.01. The third-order valence-corrected chi connectivity index (χ3v) is 2.29. The van der Waals surface area contributed by atoms with Gasteiger partial charge in [-0.1, -0.05) is 24.3 Å². The molecule has 1 aromatic carbocycles. The van der Waals surface area contributed by atoms with E-state index in [0.717, 1.165) is 5.56 Å². The zero-order valence-electron chi connectivity index (χ0n) is 9.60. The second kappa shape index (κ2) is 5.94. The molecule has 0 aliphatic heterocycles. The van der Waals surface area contributed by atoms with Crippen LogP contribution in [-0.4, -0.2) is 22.6 Å². The number of carbonyl (C=O) groups excluding carboxylic acids is 2. The van der Waals surface area contributed by atoms with E-state index in [9.17, 15) is 14.4 Å². The molecule has 4 heteroatoms. The molecule has 0 heterocycles. The summed E-state index contributed by atoms with van der Waals surface area (Å²) in [6.07, 6.45) is 0.193. The van der Waals surface area contributed by atoms with E-state index in [1.165, 1.54) is 6.92 Å². The largest absolute Gasteiger partial charge is 0.481 e. The number of benzene rings is 1. The summed E-state index contributed by atoms with van der Waals surface area (Å²) in [7, 11) is 0. The lowest BCUT2D eigenvalue weighted by atomic mass is 10.0. The first kappa shape index (κ1) is 13.1. The fraction of sp³-hybridized carbons (Fsp3) is 0.308. The van der Waals surface area contributed by atoms with Gasteiger partial charge in [-0.15, -0.1) is 0 Å².